The second-order valence-electron chi connectivity index (χ2n) is 8.73. The number of nitrogens with zero attached hydrogens (tertiary/aromatic N) is 1. The van der Waals surface area contributed by atoms with Crippen LogP contribution in [-0.2, 0) is 9.59 Å². The number of ether oxygens (including phenoxy) is 2. The summed E-state index contributed by atoms with van der Waals surface area (Å²) in [5.74, 6) is 0.436. The van der Waals surface area contributed by atoms with Gasteiger partial charge in [-0.15, -0.1) is 0 Å². The maximum absolute atomic E-state index is 12.7. The van der Waals surface area contributed by atoms with E-state index in [-0.39, 0.29) is 36.2 Å². The van der Waals surface area contributed by atoms with Gasteiger partial charge in [0, 0.05) is 24.7 Å². The van der Waals surface area contributed by atoms with Crippen LogP contribution in [0.4, 0.5) is 0 Å². The summed E-state index contributed by atoms with van der Waals surface area (Å²) in [4.78, 5) is 39.7. The fourth-order valence-corrected chi connectivity index (χ4v) is 4.55. The summed E-state index contributed by atoms with van der Waals surface area (Å²) >= 11 is 0. The molecule has 0 bridgehead atoms. The Morgan fingerprint density at radius 2 is 1.70 bits per heavy atom. The Balaban J connectivity index is 1.50. The lowest BCUT2D eigenvalue weighted by atomic mass is 9.93. The van der Waals surface area contributed by atoms with E-state index in [9.17, 15) is 14.4 Å². The van der Waals surface area contributed by atoms with Crippen LogP contribution in [0.2, 0.25) is 0 Å². The zero-order valence-electron chi connectivity index (χ0n) is 19.9. The van der Waals surface area contributed by atoms with Crippen LogP contribution in [0, 0.1) is 5.92 Å². The van der Waals surface area contributed by atoms with Gasteiger partial charge in [0.15, 0.2) is 11.5 Å². The molecule has 3 amide bonds. The van der Waals surface area contributed by atoms with Gasteiger partial charge in [0.25, 0.3) is 5.91 Å². The number of nitrogens with one attached hydrogen (secondary N) is 2. The molecule has 1 atom stereocenters. The summed E-state index contributed by atoms with van der Waals surface area (Å²) in [5, 5.41) is 5.88. The first-order valence-electron chi connectivity index (χ1n) is 12.3. The highest BCUT2D eigenvalue weighted by Gasteiger charge is 2.30. The Hall–Kier alpha value is -2.77. The Labute approximate surface area is 196 Å². The topological polar surface area (TPSA) is 97.0 Å². The number of carbonyl (C=O) groups excluding carboxylic acids is 3. The molecule has 182 valence electrons. The van der Waals surface area contributed by atoms with Crippen molar-refractivity contribution < 1.29 is 23.9 Å². The largest absolute Gasteiger partial charge is 0.490 e. The standard InChI is InChI=1S/C25H37N3O5/c1-3-32-21-13-12-18(15-22(21)33-4-2)24(30)26-16-23(29)28-14-8-9-19(17-28)25(31)27-20-10-6-5-7-11-20/h12-13,15,19-20H,3-11,14,16-17H2,1-2H3,(H,26,30)(H,27,31). The maximum atomic E-state index is 12.7. The maximum Gasteiger partial charge on any atom is 0.251 e. The van der Waals surface area contributed by atoms with Crippen LogP contribution < -0.4 is 20.1 Å². The first-order chi connectivity index (χ1) is 16.0. The molecule has 2 aliphatic rings. The van der Waals surface area contributed by atoms with Crippen molar-refractivity contribution in [1.29, 1.82) is 0 Å². The minimum atomic E-state index is -0.351. The average molecular weight is 460 g/mol. The van der Waals surface area contributed by atoms with Crippen molar-refractivity contribution in [1.82, 2.24) is 15.5 Å². The molecule has 1 saturated heterocycles. The van der Waals surface area contributed by atoms with E-state index in [1.54, 1.807) is 23.1 Å². The molecule has 1 aliphatic heterocycles. The summed E-state index contributed by atoms with van der Waals surface area (Å²) < 4.78 is 11.1. The van der Waals surface area contributed by atoms with Gasteiger partial charge in [-0.1, -0.05) is 19.3 Å². The number of rotatable bonds is 9. The van der Waals surface area contributed by atoms with Crippen molar-refractivity contribution in [2.75, 3.05) is 32.8 Å². The lowest BCUT2D eigenvalue weighted by Crippen LogP contribution is -2.49. The highest BCUT2D eigenvalue weighted by atomic mass is 16.5. The van der Waals surface area contributed by atoms with Gasteiger partial charge < -0.3 is 25.0 Å². The number of likely N-dealkylation sites (tertiary alicyclic amines) is 1. The fourth-order valence-electron chi connectivity index (χ4n) is 4.55. The first kappa shape index (κ1) is 24.9. The third-order valence-corrected chi connectivity index (χ3v) is 6.30. The SMILES string of the molecule is CCOc1ccc(C(=O)NCC(=O)N2CCCC(C(=O)NC3CCCCC3)C2)cc1OCC. The first-order valence-corrected chi connectivity index (χ1v) is 12.3. The Bertz CT molecular complexity index is 822. The summed E-state index contributed by atoms with van der Waals surface area (Å²) in [6.45, 7) is 5.61. The van der Waals surface area contributed by atoms with Gasteiger partial charge in [-0.3, -0.25) is 14.4 Å². The predicted octanol–water partition coefficient (Wildman–Crippen LogP) is 2.90. The fraction of sp³-hybridized carbons (Fsp3) is 0.640. The van der Waals surface area contributed by atoms with E-state index < -0.39 is 0 Å². The highest BCUT2D eigenvalue weighted by molar-refractivity contribution is 5.97. The second kappa shape index (κ2) is 12.5. The second-order valence-corrected chi connectivity index (χ2v) is 8.73. The molecular weight excluding hydrogens is 422 g/mol. The van der Waals surface area contributed by atoms with Crippen molar-refractivity contribution in [3.05, 3.63) is 23.8 Å². The van der Waals surface area contributed by atoms with Crippen molar-refractivity contribution in [3.63, 3.8) is 0 Å². The number of hydrogen-bond acceptors (Lipinski definition) is 5. The van der Waals surface area contributed by atoms with Crippen molar-refractivity contribution in [2.24, 2.45) is 5.92 Å². The van der Waals surface area contributed by atoms with E-state index >= 15 is 0 Å². The number of benzene rings is 1. The number of carbonyl (C=O) groups is 3. The minimum absolute atomic E-state index is 0.0567. The van der Waals surface area contributed by atoms with Crippen molar-refractivity contribution in [2.45, 2.75) is 64.8 Å². The third-order valence-electron chi connectivity index (χ3n) is 6.30. The molecule has 1 saturated carbocycles. The molecule has 0 spiro atoms. The van der Waals surface area contributed by atoms with Gasteiger partial charge in [0.2, 0.25) is 11.8 Å². The molecule has 33 heavy (non-hydrogen) atoms. The van der Waals surface area contributed by atoms with Crippen LogP contribution in [0.1, 0.15) is 69.2 Å². The van der Waals surface area contributed by atoms with Gasteiger partial charge in [0.1, 0.15) is 0 Å². The smallest absolute Gasteiger partial charge is 0.251 e. The molecule has 1 aromatic carbocycles. The Morgan fingerprint density at radius 3 is 2.42 bits per heavy atom. The molecule has 2 N–H and O–H groups in total. The van der Waals surface area contributed by atoms with E-state index in [4.69, 9.17) is 9.47 Å². The van der Waals surface area contributed by atoms with Crippen LogP contribution in [0.25, 0.3) is 0 Å². The Morgan fingerprint density at radius 1 is 0.970 bits per heavy atom. The van der Waals surface area contributed by atoms with E-state index in [0.717, 1.165) is 25.7 Å². The van der Waals surface area contributed by atoms with E-state index in [1.807, 2.05) is 13.8 Å². The molecule has 8 nitrogen and oxygen atoms in total. The summed E-state index contributed by atoms with van der Waals surface area (Å²) in [6.07, 6.45) is 7.25. The zero-order chi connectivity index (χ0) is 23.6. The van der Waals surface area contributed by atoms with Crippen molar-refractivity contribution >= 4 is 17.7 Å². The molecule has 1 unspecified atom stereocenters. The monoisotopic (exact) mass is 459 g/mol. The Kier molecular flexibility index (Phi) is 9.39. The van der Waals surface area contributed by atoms with Crippen LogP contribution in [0.5, 0.6) is 11.5 Å². The zero-order valence-corrected chi connectivity index (χ0v) is 19.9. The van der Waals surface area contributed by atoms with Gasteiger partial charge in [-0.2, -0.15) is 0 Å². The number of amides is 3. The molecule has 1 aromatic rings. The third kappa shape index (κ3) is 7.11. The summed E-state index contributed by atoms with van der Waals surface area (Å²) in [7, 11) is 0. The van der Waals surface area contributed by atoms with Gasteiger partial charge >= 0.3 is 0 Å². The molecule has 0 aromatic heterocycles. The van der Waals surface area contributed by atoms with Crippen LogP contribution >= 0.6 is 0 Å². The lowest BCUT2D eigenvalue weighted by Gasteiger charge is -2.33. The van der Waals surface area contributed by atoms with E-state index in [0.29, 0.717) is 43.4 Å². The average Bonchev–Trinajstić information content (AvgIpc) is 2.84. The highest BCUT2D eigenvalue weighted by Crippen LogP contribution is 2.28. The molecule has 1 heterocycles. The summed E-state index contributed by atoms with van der Waals surface area (Å²) in [6, 6.07) is 5.25. The quantitative estimate of drug-likeness (QED) is 0.592. The molecular formula is C25H37N3O5. The van der Waals surface area contributed by atoms with E-state index in [2.05, 4.69) is 10.6 Å². The number of piperidine rings is 1. The summed E-state index contributed by atoms with van der Waals surface area (Å²) in [5.41, 5.74) is 0.401. The normalized spacial score (nSPS) is 19.0. The molecule has 1 aliphatic carbocycles. The molecule has 0 radical (unpaired) electrons. The van der Waals surface area contributed by atoms with Crippen molar-refractivity contribution in [3.8, 4) is 11.5 Å². The number of hydrogen-bond donors (Lipinski definition) is 2. The molecule has 2 fully saturated rings. The lowest BCUT2D eigenvalue weighted by molar-refractivity contribution is -0.135. The van der Waals surface area contributed by atoms with Gasteiger partial charge in [-0.25, -0.2) is 0 Å². The van der Waals surface area contributed by atoms with E-state index in [1.165, 1.54) is 19.3 Å². The minimum Gasteiger partial charge on any atom is -0.490 e. The van der Waals surface area contributed by atoms with Crippen LogP contribution in [0.3, 0.4) is 0 Å². The molecule has 8 heteroatoms. The van der Waals surface area contributed by atoms with Crippen LogP contribution in [0.15, 0.2) is 18.2 Å². The molecule has 3 rings (SSSR count). The predicted molar refractivity (Wildman–Crippen MR) is 125 cm³/mol. The van der Waals surface area contributed by atoms with Gasteiger partial charge in [-0.05, 0) is 57.7 Å². The van der Waals surface area contributed by atoms with Gasteiger partial charge in [0.05, 0.1) is 25.7 Å². The van der Waals surface area contributed by atoms with Crippen LogP contribution in [-0.4, -0.2) is 61.5 Å².